The van der Waals surface area contributed by atoms with Crippen LogP contribution in [0.2, 0.25) is 18.1 Å². The standard InChI is InChI=1S/C19H32O3Si/c1-7-10-15-11-8-9-14-19(15,16-12-13-17(20)21-16)22-23(5,6)18(2,3)4/h7,12-13,15-16H,1,8-11,14H2,2-6H3/t15-,16+,19+/m0/s1. The van der Waals surface area contributed by atoms with E-state index in [1.807, 2.05) is 12.2 Å². The lowest BCUT2D eigenvalue weighted by Crippen LogP contribution is -2.59. The van der Waals surface area contributed by atoms with E-state index in [0.29, 0.717) is 5.92 Å². The molecule has 130 valence electrons. The summed E-state index contributed by atoms with van der Waals surface area (Å²) in [6.45, 7) is 15.3. The van der Waals surface area contributed by atoms with Crippen molar-refractivity contribution in [1.29, 1.82) is 0 Å². The van der Waals surface area contributed by atoms with Crippen LogP contribution in [-0.4, -0.2) is 26.0 Å². The minimum absolute atomic E-state index is 0.127. The van der Waals surface area contributed by atoms with Crippen LogP contribution >= 0.6 is 0 Å². The minimum Gasteiger partial charge on any atom is -0.452 e. The Labute approximate surface area is 142 Å². The van der Waals surface area contributed by atoms with Crippen LogP contribution in [0.25, 0.3) is 0 Å². The topological polar surface area (TPSA) is 35.5 Å². The Morgan fingerprint density at radius 2 is 2.13 bits per heavy atom. The summed E-state index contributed by atoms with van der Waals surface area (Å²) >= 11 is 0. The maximum absolute atomic E-state index is 11.7. The van der Waals surface area contributed by atoms with Crippen LogP contribution in [0.3, 0.4) is 0 Å². The molecule has 0 bridgehead atoms. The van der Waals surface area contributed by atoms with Crippen molar-refractivity contribution in [2.45, 2.75) is 82.7 Å². The highest BCUT2D eigenvalue weighted by Gasteiger charge is 2.54. The summed E-state index contributed by atoms with van der Waals surface area (Å²) in [6.07, 6.45) is 10.5. The molecule has 0 aromatic heterocycles. The predicted octanol–water partition coefficient (Wildman–Crippen LogP) is 4.99. The van der Waals surface area contributed by atoms with Gasteiger partial charge in [0.25, 0.3) is 0 Å². The number of hydrogen-bond donors (Lipinski definition) is 0. The number of rotatable bonds is 5. The number of allylic oxidation sites excluding steroid dienone is 1. The Hall–Kier alpha value is -0.873. The van der Waals surface area contributed by atoms with Gasteiger partial charge in [-0.15, -0.1) is 6.58 Å². The molecule has 0 radical (unpaired) electrons. The lowest BCUT2D eigenvalue weighted by Gasteiger charge is -2.52. The summed E-state index contributed by atoms with van der Waals surface area (Å²) in [4.78, 5) is 11.7. The Bertz CT molecular complexity index is 489. The lowest BCUT2D eigenvalue weighted by molar-refractivity contribution is -0.158. The molecule has 3 nitrogen and oxygen atoms in total. The smallest absolute Gasteiger partial charge is 0.331 e. The molecule has 0 saturated heterocycles. The molecule has 0 aromatic rings. The van der Waals surface area contributed by atoms with Crippen molar-refractivity contribution in [3.63, 3.8) is 0 Å². The van der Waals surface area contributed by atoms with E-state index in [1.54, 1.807) is 6.08 Å². The molecule has 1 aliphatic heterocycles. The Morgan fingerprint density at radius 1 is 1.43 bits per heavy atom. The molecule has 0 N–H and O–H groups in total. The number of ether oxygens (including phenoxy) is 1. The van der Waals surface area contributed by atoms with Gasteiger partial charge in [-0.2, -0.15) is 0 Å². The third kappa shape index (κ3) is 3.63. The maximum atomic E-state index is 11.7. The second-order valence-corrected chi connectivity index (χ2v) is 13.2. The van der Waals surface area contributed by atoms with E-state index >= 15 is 0 Å². The number of carbonyl (C=O) groups is 1. The van der Waals surface area contributed by atoms with Crippen molar-refractivity contribution in [3.05, 3.63) is 24.8 Å². The summed E-state index contributed by atoms with van der Waals surface area (Å²) in [6, 6.07) is 0. The molecule has 2 rings (SSSR count). The van der Waals surface area contributed by atoms with Gasteiger partial charge in [0.2, 0.25) is 0 Å². The van der Waals surface area contributed by atoms with Crippen molar-refractivity contribution < 1.29 is 14.0 Å². The molecule has 0 aromatic carbocycles. The first kappa shape index (κ1) is 18.5. The third-order valence-corrected chi connectivity index (χ3v) is 10.4. The number of cyclic esters (lactones) is 1. The molecule has 1 aliphatic carbocycles. The van der Waals surface area contributed by atoms with Crippen LogP contribution in [0, 0.1) is 5.92 Å². The zero-order valence-electron chi connectivity index (χ0n) is 15.4. The highest BCUT2D eigenvalue weighted by Crippen LogP contribution is 2.49. The van der Waals surface area contributed by atoms with Gasteiger partial charge in [-0.05, 0) is 49.4 Å². The van der Waals surface area contributed by atoms with E-state index in [2.05, 4.69) is 40.4 Å². The fourth-order valence-electron chi connectivity index (χ4n) is 3.59. The van der Waals surface area contributed by atoms with Crippen molar-refractivity contribution in [2.24, 2.45) is 5.92 Å². The molecule has 0 amide bonds. The van der Waals surface area contributed by atoms with Crippen LogP contribution in [-0.2, 0) is 14.0 Å². The first-order valence-electron chi connectivity index (χ1n) is 8.82. The lowest BCUT2D eigenvalue weighted by atomic mass is 9.71. The van der Waals surface area contributed by atoms with Gasteiger partial charge in [-0.25, -0.2) is 4.79 Å². The van der Waals surface area contributed by atoms with E-state index < -0.39 is 13.9 Å². The molecule has 23 heavy (non-hydrogen) atoms. The van der Waals surface area contributed by atoms with Crippen LogP contribution in [0.4, 0.5) is 0 Å². The molecule has 0 spiro atoms. The first-order valence-corrected chi connectivity index (χ1v) is 11.7. The molecule has 4 heteroatoms. The van der Waals surface area contributed by atoms with Crippen molar-refractivity contribution in [2.75, 3.05) is 0 Å². The Morgan fingerprint density at radius 3 is 2.65 bits per heavy atom. The average molecular weight is 337 g/mol. The molecule has 3 atom stereocenters. The van der Waals surface area contributed by atoms with Crippen molar-refractivity contribution in [1.82, 2.24) is 0 Å². The minimum atomic E-state index is -1.98. The molecule has 2 aliphatic rings. The summed E-state index contributed by atoms with van der Waals surface area (Å²) in [5, 5.41) is 0.127. The van der Waals surface area contributed by atoms with Gasteiger partial charge in [0.15, 0.2) is 8.32 Å². The summed E-state index contributed by atoms with van der Waals surface area (Å²) < 4.78 is 12.6. The van der Waals surface area contributed by atoms with Crippen LogP contribution in [0.15, 0.2) is 24.8 Å². The highest BCUT2D eigenvalue weighted by atomic mass is 28.4. The monoisotopic (exact) mass is 336 g/mol. The summed E-state index contributed by atoms with van der Waals surface area (Å²) in [7, 11) is -1.98. The molecule has 1 fully saturated rings. The fourth-order valence-corrected chi connectivity index (χ4v) is 5.23. The zero-order chi connectivity index (χ0) is 17.3. The van der Waals surface area contributed by atoms with Gasteiger partial charge < -0.3 is 9.16 Å². The van der Waals surface area contributed by atoms with Gasteiger partial charge >= 0.3 is 5.97 Å². The average Bonchev–Trinajstić information content (AvgIpc) is 2.87. The second kappa shape index (κ2) is 6.56. The molecule has 1 saturated carbocycles. The normalized spacial score (nSPS) is 32.0. The highest BCUT2D eigenvalue weighted by molar-refractivity contribution is 6.74. The van der Waals surface area contributed by atoms with Crippen LogP contribution in [0.5, 0.6) is 0 Å². The Kier molecular flexibility index (Phi) is 5.26. The number of esters is 1. The third-order valence-electron chi connectivity index (χ3n) is 5.90. The predicted molar refractivity (Wildman–Crippen MR) is 96.8 cm³/mol. The largest absolute Gasteiger partial charge is 0.452 e. The van der Waals surface area contributed by atoms with Gasteiger partial charge in [-0.1, -0.05) is 39.7 Å². The summed E-state index contributed by atoms with van der Waals surface area (Å²) in [5.74, 6) is 0.125. The first-order chi connectivity index (χ1) is 10.6. The molecule has 1 heterocycles. The molecular weight excluding hydrogens is 304 g/mol. The van der Waals surface area contributed by atoms with Gasteiger partial charge in [-0.3, -0.25) is 0 Å². The second-order valence-electron chi connectivity index (χ2n) is 8.50. The van der Waals surface area contributed by atoms with Gasteiger partial charge in [0.1, 0.15) is 6.10 Å². The van der Waals surface area contributed by atoms with Crippen LogP contribution in [0.1, 0.15) is 52.9 Å². The SMILES string of the molecule is C=CC[C@H]1CCCC[C@]1(O[Si](C)(C)C(C)(C)C)[C@H]1C=CC(=O)O1. The molecule has 0 unspecified atom stereocenters. The number of hydrogen-bond acceptors (Lipinski definition) is 3. The fraction of sp³-hybridized carbons (Fsp3) is 0.737. The van der Waals surface area contributed by atoms with E-state index in [0.717, 1.165) is 25.7 Å². The summed E-state index contributed by atoms with van der Waals surface area (Å²) in [5.41, 5.74) is -0.391. The van der Waals surface area contributed by atoms with Crippen molar-refractivity contribution in [3.8, 4) is 0 Å². The van der Waals surface area contributed by atoms with Gasteiger partial charge in [0, 0.05) is 6.08 Å². The van der Waals surface area contributed by atoms with E-state index in [9.17, 15) is 4.79 Å². The van der Waals surface area contributed by atoms with E-state index in [1.165, 1.54) is 6.42 Å². The Balaban J connectivity index is 2.40. The molecular formula is C19H32O3Si. The zero-order valence-corrected chi connectivity index (χ0v) is 16.4. The number of carbonyl (C=O) groups excluding carboxylic acids is 1. The van der Waals surface area contributed by atoms with Gasteiger partial charge in [0.05, 0.1) is 5.60 Å². The van der Waals surface area contributed by atoms with E-state index in [-0.39, 0.29) is 17.1 Å². The maximum Gasteiger partial charge on any atom is 0.331 e. The van der Waals surface area contributed by atoms with Crippen LogP contribution < -0.4 is 0 Å². The van der Waals surface area contributed by atoms with Crippen molar-refractivity contribution >= 4 is 14.3 Å². The van der Waals surface area contributed by atoms with E-state index in [4.69, 9.17) is 9.16 Å². The quantitative estimate of drug-likeness (QED) is 0.403.